The van der Waals surface area contributed by atoms with Gasteiger partial charge in [-0.15, -0.1) is 0 Å². The van der Waals surface area contributed by atoms with Gasteiger partial charge in [-0.1, -0.05) is 6.07 Å². The largest absolute Gasteiger partial charge is 0.508 e. The predicted octanol–water partition coefficient (Wildman–Crippen LogP) is 1.46. The third kappa shape index (κ3) is 2.64. The van der Waals surface area contributed by atoms with Crippen molar-refractivity contribution >= 4 is 21.4 Å². The summed E-state index contributed by atoms with van der Waals surface area (Å²) in [5.74, 6) is -0.580. The van der Waals surface area contributed by atoms with Gasteiger partial charge in [-0.05, 0) is 32.9 Å². The lowest BCUT2D eigenvalue weighted by Gasteiger charge is -2.22. The molecule has 18 heavy (non-hydrogen) atoms. The summed E-state index contributed by atoms with van der Waals surface area (Å²) in [6.45, 7) is 4.32. The molecule has 5 nitrogen and oxygen atoms in total. The second-order valence-electron chi connectivity index (χ2n) is 4.69. The Bertz CT molecular complexity index is 576. The van der Waals surface area contributed by atoms with E-state index in [1.165, 1.54) is 19.9 Å². The first-order valence-corrected chi connectivity index (χ1v) is 7.26. The maximum Gasteiger partial charge on any atom is 0.245 e. The molecule has 0 unspecified atom stereocenters. The average Bonchev–Trinajstić information content (AvgIpc) is 2.23. The van der Waals surface area contributed by atoms with Crippen molar-refractivity contribution in [1.82, 2.24) is 0 Å². The molecule has 0 aliphatic heterocycles. The Labute approximate surface area is 107 Å². The molecule has 0 saturated heterocycles. The van der Waals surface area contributed by atoms with E-state index in [9.17, 15) is 18.3 Å². The second kappa shape index (κ2) is 4.61. The Morgan fingerprint density at radius 1 is 1.33 bits per heavy atom. The van der Waals surface area contributed by atoms with E-state index in [1.54, 1.807) is 19.1 Å². The zero-order valence-electron chi connectivity index (χ0n) is 10.8. The van der Waals surface area contributed by atoms with Crippen LogP contribution in [0.2, 0.25) is 0 Å². The smallest absolute Gasteiger partial charge is 0.245 e. The van der Waals surface area contributed by atoms with Gasteiger partial charge in [0.2, 0.25) is 5.91 Å². The molecule has 1 rings (SSSR count). The third-order valence-electron chi connectivity index (χ3n) is 3.03. The van der Waals surface area contributed by atoms with Crippen molar-refractivity contribution in [3.63, 3.8) is 0 Å². The number of hydrogen-bond acceptors (Lipinski definition) is 4. The van der Waals surface area contributed by atoms with E-state index in [4.69, 9.17) is 0 Å². The van der Waals surface area contributed by atoms with E-state index < -0.39 is 20.5 Å². The van der Waals surface area contributed by atoms with Gasteiger partial charge in [0.25, 0.3) is 0 Å². The van der Waals surface area contributed by atoms with Crippen molar-refractivity contribution < 1.29 is 18.3 Å². The third-order valence-corrected chi connectivity index (χ3v) is 5.07. The molecule has 1 aromatic carbocycles. The standard InChI is InChI=1S/C12H17NO4S/c1-8-9(6-5-7-10(8)14)13-11(15)12(2,3)18(4,16)17/h5-7,14H,1-4H3,(H,13,15). The summed E-state index contributed by atoms with van der Waals surface area (Å²) in [5.41, 5.74) is 0.895. The van der Waals surface area contributed by atoms with Gasteiger partial charge in [-0.3, -0.25) is 4.79 Å². The van der Waals surface area contributed by atoms with E-state index in [1.807, 2.05) is 0 Å². The quantitative estimate of drug-likeness (QED) is 0.871. The Hall–Kier alpha value is -1.56. The number of aromatic hydroxyl groups is 1. The van der Waals surface area contributed by atoms with Crippen LogP contribution < -0.4 is 5.32 Å². The van der Waals surface area contributed by atoms with Crippen LogP contribution in [0.1, 0.15) is 19.4 Å². The van der Waals surface area contributed by atoms with E-state index in [2.05, 4.69) is 5.32 Å². The van der Waals surface area contributed by atoms with Crippen molar-refractivity contribution in [3.05, 3.63) is 23.8 Å². The number of hydrogen-bond donors (Lipinski definition) is 2. The van der Waals surface area contributed by atoms with Gasteiger partial charge in [0.15, 0.2) is 9.84 Å². The number of phenolic OH excluding ortho intramolecular Hbond substituents is 1. The number of anilines is 1. The summed E-state index contributed by atoms with van der Waals surface area (Å²) in [4.78, 5) is 12.0. The normalized spacial score (nSPS) is 12.2. The fourth-order valence-corrected chi connectivity index (χ4v) is 1.59. The molecule has 6 heteroatoms. The molecule has 2 N–H and O–H groups in total. The number of phenols is 1. The van der Waals surface area contributed by atoms with E-state index >= 15 is 0 Å². The van der Waals surface area contributed by atoms with Gasteiger partial charge in [-0.2, -0.15) is 0 Å². The van der Waals surface area contributed by atoms with E-state index in [0.717, 1.165) is 6.26 Å². The van der Waals surface area contributed by atoms with Crippen molar-refractivity contribution in [1.29, 1.82) is 0 Å². The van der Waals surface area contributed by atoms with Crippen LogP contribution in [0.4, 0.5) is 5.69 Å². The van der Waals surface area contributed by atoms with Crippen molar-refractivity contribution in [2.75, 3.05) is 11.6 Å². The molecule has 0 radical (unpaired) electrons. The Balaban J connectivity index is 3.06. The van der Waals surface area contributed by atoms with Gasteiger partial charge in [0.05, 0.1) is 0 Å². The van der Waals surface area contributed by atoms with Gasteiger partial charge >= 0.3 is 0 Å². The SMILES string of the molecule is Cc1c(O)cccc1NC(=O)C(C)(C)S(C)(=O)=O. The molecule has 0 aliphatic rings. The molecule has 0 aromatic heterocycles. The molecule has 0 saturated carbocycles. The molecule has 100 valence electrons. The van der Waals surface area contributed by atoms with Crippen LogP contribution in [0.15, 0.2) is 18.2 Å². The van der Waals surface area contributed by atoms with Crippen LogP contribution in [0.3, 0.4) is 0 Å². The Morgan fingerprint density at radius 2 is 1.89 bits per heavy atom. The fourth-order valence-electron chi connectivity index (χ4n) is 1.20. The average molecular weight is 271 g/mol. The van der Waals surface area contributed by atoms with Gasteiger partial charge in [0.1, 0.15) is 10.5 Å². The first-order chi connectivity index (χ1) is 8.07. The molecular weight excluding hydrogens is 254 g/mol. The summed E-state index contributed by atoms with van der Waals surface area (Å²) in [6.07, 6.45) is 1.02. The minimum absolute atomic E-state index is 0.0463. The van der Waals surface area contributed by atoms with Crippen LogP contribution in [-0.2, 0) is 14.6 Å². The Kier molecular flexibility index (Phi) is 3.71. The zero-order valence-corrected chi connectivity index (χ0v) is 11.6. The first kappa shape index (κ1) is 14.5. The molecule has 1 amide bonds. The van der Waals surface area contributed by atoms with Crippen molar-refractivity contribution in [2.24, 2.45) is 0 Å². The van der Waals surface area contributed by atoms with Crippen molar-refractivity contribution in [3.8, 4) is 5.75 Å². The summed E-state index contributed by atoms with van der Waals surface area (Å²) >= 11 is 0. The fraction of sp³-hybridized carbons (Fsp3) is 0.417. The number of carbonyl (C=O) groups excluding carboxylic acids is 1. The van der Waals surface area contributed by atoms with Crippen molar-refractivity contribution in [2.45, 2.75) is 25.5 Å². The van der Waals surface area contributed by atoms with Crippen LogP contribution in [-0.4, -0.2) is 30.4 Å². The van der Waals surface area contributed by atoms with Crippen LogP contribution in [0.5, 0.6) is 5.75 Å². The highest BCUT2D eigenvalue weighted by molar-refractivity contribution is 7.92. The number of carbonyl (C=O) groups is 1. The molecule has 0 bridgehead atoms. The second-order valence-corrected chi connectivity index (χ2v) is 7.25. The van der Waals surface area contributed by atoms with Gasteiger partial charge in [-0.25, -0.2) is 8.42 Å². The predicted molar refractivity (Wildman–Crippen MR) is 70.4 cm³/mol. The molecule has 0 fully saturated rings. The highest BCUT2D eigenvalue weighted by Crippen LogP contribution is 2.26. The summed E-state index contributed by atoms with van der Waals surface area (Å²) in [5, 5.41) is 12.0. The molecule has 0 aliphatic carbocycles. The number of amides is 1. The van der Waals surface area contributed by atoms with E-state index in [0.29, 0.717) is 11.3 Å². The lowest BCUT2D eigenvalue weighted by atomic mass is 10.1. The number of rotatable bonds is 3. The minimum Gasteiger partial charge on any atom is -0.508 e. The van der Waals surface area contributed by atoms with Gasteiger partial charge in [0, 0.05) is 17.5 Å². The number of benzene rings is 1. The Morgan fingerprint density at radius 3 is 2.39 bits per heavy atom. The first-order valence-electron chi connectivity index (χ1n) is 5.37. The molecule has 0 spiro atoms. The zero-order chi connectivity index (χ0) is 14.1. The van der Waals surface area contributed by atoms with Crippen LogP contribution in [0.25, 0.3) is 0 Å². The lowest BCUT2D eigenvalue weighted by molar-refractivity contribution is -0.117. The van der Waals surface area contributed by atoms with E-state index in [-0.39, 0.29) is 5.75 Å². The number of nitrogens with one attached hydrogen (secondary N) is 1. The molecule has 0 heterocycles. The van der Waals surface area contributed by atoms with Crippen LogP contribution in [0, 0.1) is 6.92 Å². The molecular formula is C12H17NO4S. The molecule has 1 aromatic rings. The summed E-state index contributed by atoms with van der Waals surface area (Å²) in [7, 11) is -3.52. The highest BCUT2D eigenvalue weighted by Gasteiger charge is 2.38. The summed E-state index contributed by atoms with van der Waals surface area (Å²) in [6, 6.07) is 4.67. The van der Waals surface area contributed by atoms with Gasteiger partial charge < -0.3 is 10.4 Å². The minimum atomic E-state index is -3.52. The van der Waals surface area contributed by atoms with Crippen LogP contribution >= 0.6 is 0 Å². The monoisotopic (exact) mass is 271 g/mol. The lowest BCUT2D eigenvalue weighted by Crippen LogP contribution is -2.43. The maximum absolute atomic E-state index is 12.0. The topological polar surface area (TPSA) is 83.5 Å². The summed E-state index contributed by atoms with van der Waals surface area (Å²) < 4.78 is 21.5. The maximum atomic E-state index is 12.0. The molecule has 0 atom stereocenters. The highest BCUT2D eigenvalue weighted by atomic mass is 32.2. The number of sulfone groups is 1.